The Morgan fingerprint density at radius 2 is 1.81 bits per heavy atom. The van der Waals surface area contributed by atoms with E-state index in [0.29, 0.717) is 5.69 Å². The second kappa shape index (κ2) is 8.52. The van der Waals surface area contributed by atoms with E-state index in [1.165, 1.54) is 23.5 Å². The first-order valence-electron chi connectivity index (χ1n) is 10.2. The van der Waals surface area contributed by atoms with Crippen LogP contribution in [0, 0.1) is 19.8 Å². The fourth-order valence-corrected chi connectivity index (χ4v) is 5.48. The maximum absolute atomic E-state index is 13.4. The number of sulfone groups is 1. The number of aryl methyl sites for hydroxylation is 2. The average Bonchev–Trinajstić information content (AvgIpc) is 3.37. The summed E-state index contributed by atoms with van der Waals surface area (Å²) in [4.78, 5) is 29.2. The highest BCUT2D eigenvalue weighted by Crippen LogP contribution is 2.43. The van der Waals surface area contributed by atoms with Crippen LogP contribution >= 0.6 is 11.3 Å². The first-order valence-corrected chi connectivity index (χ1v) is 13.0. The van der Waals surface area contributed by atoms with Crippen LogP contribution in [0.2, 0.25) is 0 Å². The number of nitrogens with zero attached hydrogens (tertiary/aromatic N) is 1. The van der Waals surface area contributed by atoms with Crippen molar-refractivity contribution in [1.29, 1.82) is 0 Å². The third kappa shape index (κ3) is 4.33. The number of hydrogen-bond donors (Lipinski definition) is 1. The summed E-state index contributed by atoms with van der Waals surface area (Å²) < 4.78 is 23.9. The van der Waals surface area contributed by atoms with Gasteiger partial charge in [-0.25, -0.2) is 8.42 Å². The molecule has 0 saturated carbocycles. The van der Waals surface area contributed by atoms with Gasteiger partial charge in [0.1, 0.15) is 0 Å². The van der Waals surface area contributed by atoms with Crippen molar-refractivity contribution in [2.24, 2.45) is 5.92 Å². The molecule has 4 rings (SSSR count). The number of nitrogens with one attached hydrogen (secondary N) is 1. The molecular formula is C24H24N2O4S2. The fraction of sp³-hybridized carbons (Fsp3) is 0.250. The van der Waals surface area contributed by atoms with Crippen LogP contribution in [0.5, 0.6) is 0 Å². The molecule has 1 aromatic heterocycles. The molecule has 0 radical (unpaired) electrons. The minimum atomic E-state index is -3.41. The largest absolute Gasteiger partial charge is 0.325 e. The number of anilines is 2. The van der Waals surface area contributed by atoms with Gasteiger partial charge < -0.3 is 10.2 Å². The predicted molar refractivity (Wildman–Crippen MR) is 127 cm³/mol. The van der Waals surface area contributed by atoms with Gasteiger partial charge in [-0.3, -0.25) is 9.59 Å². The van der Waals surface area contributed by atoms with Crippen molar-refractivity contribution in [3.63, 3.8) is 0 Å². The molecule has 2 aromatic carbocycles. The van der Waals surface area contributed by atoms with E-state index >= 15 is 0 Å². The van der Waals surface area contributed by atoms with E-state index in [2.05, 4.69) is 5.32 Å². The van der Waals surface area contributed by atoms with Crippen LogP contribution in [0.15, 0.2) is 64.9 Å². The summed E-state index contributed by atoms with van der Waals surface area (Å²) in [6.07, 6.45) is 1.21. The van der Waals surface area contributed by atoms with Gasteiger partial charge in [-0.2, -0.15) is 0 Å². The van der Waals surface area contributed by atoms with Gasteiger partial charge in [0.05, 0.1) is 16.9 Å². The Kier molecular flexibility index (Phi) is 5.92. The molecule has 0 aliphatic carbocycles. The summed E-state index contributed by atoms with van der Waals surface area (Å²) in [7, 11) is -3.41. The molecule has 1 aliphatic rings. The molecule has 32 heavy (non-hydrogen) atoms. The molecule has 166 valence electrons. The third-order valence-corrected chi connectivity index (χ3v) is 7.75. The topological polar surface area (TPSA) is 83.6 Å². The average molecular weight is 469 g/mol. The van der Waals surface area contributed by atoms with Crippen molar-refractivity contribution in [2.45, 2.75) is 31.2 Å². The lowest BCUT2D eigenvalue weighted by molar-refractivity contribution is -0.122. The number of amides is 2. The molecule has 0 spiro atoms. The van der Waals surface area contributed by atoms with Gasteiger partial charge in [-0.05, 0) is 55.1 Å². The Labute approximate surface area is 191 Å². The Bertz CT molecular complexity index is 1270. The molecule has 6 nitrogen and oxygen atoms in total. The van der Waals surface area contributed by atoms with E-state index in [9.17, 15) is 18.0 Å². The van der Waals surface area contributed by atoms with Crippen LogP contribution in [0.3, 0.4) is 0 Å². The lowest BCUT2D eigenvalue weighted by Crippen LogP contribution is -2.32. The molecule has 1 N–H and O–H groups in total. The quantitative estimate of drug-likeness (QED) is 0.598. The molecule has 1 saturated heterocycles. The van der Waals surface area contributed by atoms with E-state index in [1.54, 1.807) is 17.9 Å². The van der Waals surface area contributed by atoms with Crippen LogP contribution in [-0.4, -0.2) is 26.5 Å². The molecule has 2 heterocycles. The molecule has 3 aromatic rings. The van der Waals surface area contributed by atoms with Crippen molar-refractivity contribution in [1.82, 2.24) is 0 Å². The molecule has 0 bridgehead atoms. The lowest BCUT2D eigenvalue weighted by Gasteiger charge is -2.27. The van der Waals surface area contributed by atoms with Crippen LogP contribution in [-0.2, 0) is 19.4 Å². The Morgan fingerprint density at radius 3 is 2.44 bits per heavy atom. The van der Waals surface area contributed by atoms with Crippen LogP contribution in [0.4, 0.5) is 11.4 Å². The second-order valence-electron chi connectivity index (χ2n) is 8.11. The summed E-state index contributed by atoms with van der Waals surface area (Å²) >= 11 is 1.51. The molecule has 1 aliphatic heterocycles. The number of carbonyl (C=O) groups excluding carboxylic acids is 2. The maximum atomic E-state index is 13.4. The van der Waals surface area contributed by atoms with Crippen molar-refractivity contribution >= 4 is 44.4 Å². The molecule has 8 heteroatoms. The first kappa shape index (κ1) is 22.2. The van der Waals surface area contributed by atoms with E-state index in [0.717, 1.165) is 27.9 Å². The SMILES string of the molecule is Cc1ccc(N2C(=O)CC(C(=O)Nc3cc(S(C)(=O)=O)ccc3C)C2c2cccs2)cc1. The highest BCUT2D eigenvalue weighted by molar-refractivity contribution is 7.90. The van der Waals surface area contributed by atoms with Crippen molar-refractivity contribution in [3.8, 4) is 0 Å². The molecule has 2 atom stereocenters. The normalized spacial score (nSPS) is 18.7. The van der Waals surface area contributed by atoms with E-state index in [1.807, 2.05) is 48.7 Å². The zero-order valence-corrected chi connectivity index (χ0v) is 19.7. The van der Waals surface area contributed by atoms with Crippen molar-refractivity contribution in [2.75, 3.05) is 16.5 Å². The Balaban J connectivity index is 1.69. The number of benzene rings is 2. The molecular weight excluding hydrogens is 444 g/mol. The van der Waals surface area contributed by atoms with E-state index in [4.69, 9.17) is 0 Å². The molecule has 2 unspecified atom stereocenters. The minimum absolute atomic E-state index is 0.0765. The monoisotopic (exact) mass is 468 g/mol. The highest BCUT2D eigenvalue weighted by Gasteiger charge is 2.45. The Morgan fingerprint density at radius 1 is 1.09 bits per heavy atom. The van der Waals surface area contributed by atoms with Gasteiger partial charge in [0.15, 0.2) is 9.84 Å². The second-order valence-corrected chi connectivity index (χ2v) is 11.1. The number of rotatable bonds is 5. The maximum Gasteiger partial charge on any atom is 0.230 e. The van der Waals surface area contributed by atoms with E-state index < -0.39 is 21.8 Å². The summed E-state index contributed by atoms with van der Waals surface area (Å²) in [6.45, 7) is 3.78. The molecule has 1 fully saturated rings. The third-order valence-electron chi connectivity index (χ3n) is 5.70. The van der Waals surface area contributed by atoms with Crippen LogP contribution in [0.25, 0.3) is 0 Å². The van der Waals surface area contributed by atoms with Gasteiger partial charge in [-0.1, -0.05) is 29.8 Å². The van der Waals surface area contributed by atoms with Gasteiger partial charge >= 0.3 is 0 Å². The Hall–Kier alpha value is -2.97. The predicted octanol–water partition coefficient (Wildman–Crippen LogP) is 4.50. The van der Waals surface area contributed by atoms with Gasteiger partial charge in [0.25, 0.3) is 0 Å². The number of carbonyl (C=O) groups is 2. The molecule has 2 amide bonds. The lowest BCUT2D eigenvalue weighted by atomic mass is 9.97. The van der Waals surface area contributed by atoms with Crippen LogP contribution in [0.1, 0.15) is 28.5 Å². The summed E-state index contributed by atoms with van der Waals surface area (Å²) in [5.74, 6) is -1.03. The highest BCUT2D eigenvalue weighted by atomic mass is 32.2. The fourth-order valence-electron chi connectivity index (χ4n) is 3.96. The smallest absolute Gasteiger partial charge is 0.230 e. The van der Waals surface area contributed by atoms with Crippen LogP contribution < -0.4 is 10.2 Å². The van der Waals surface area contributed by atoms with Gasteiger partial charge in [0, 0.05) is 28.9 Å². The minimum Gasteiger partial charge on any atom is -0.325 e. The van der Waals surface area contributed by atoms with Gasteiger partial charge in [-0.15, -0.1) is 11.3 Å². The van der Waals surface area contributed by atoms with Gasteiger partial charge in [0.2, 0.25) is 11.8 Å². The van der Waals surface area contributed by atoms with Crippen molar-refractivity contribution < 1.29 is 18.0 Å². The van der Waals surface area contributed by atoms with E-state index in [-0.39, 0.29) is 23.1 Å². The van der Waals surface area contributed by atoms with Crippen molar-refractivity contribution in [3.05, 3.63) is 76.0 Å². The summed E-state index contributed by atoms with van der Waals surface area (Å²) in [5.41, 5.74) is 3.02. The zero-order valence-electron chi connectivity index (χ0n) is 18.0. The number of hydrogen-bond acceptors (Lipinski definition) is 5. The first-order chi connectivity index (χ1) is 15.1. The summed E-state index contributed by atoms with van der Waals surface area (Å²) in [5, 5.41) is 4.81. The zero-order chi connectivity index (χ0) is 23.0. The summed E-state index contributed by atoms with van der Waals surface area (Å²) in [6, 6.07) is 15.8. The standard InChI is InChI=1S/C24H24N2O4S2/c1-15-6-9-17(10-7-15)26-22(27)14-19(23(26)21-5-4-12-31-21)24(28)25-20-13-18(32(3,29)30)11-8-16(20)2/h4-13,19,23H,14H2,1-3H3,(H,25,28). The number of thiophene rings is 1.